The zero-order valence-corrected chi connectivity index (χ0v) is 21.4. The maximum atomic E-state index is 13.3. The highest BCUT2D eigenvalue weighted by Gasteiger charge is 2.38. The van der Waals surface area contributed by atoms with Gasteiger partial charge in [-0.25, -0.2) is 0 Å². The number of hydrogen-bond acceptors (Lipinski definition) is 6. The van der Waals surface area contributed by atoms with Crippen molar-refractivity contribution in [2.75, 3.05) is 59.0 Å². The van der Waals surface area contributed by atoms with Gasteiger partial charge in [-0.05, 0) is 48.6 Å². The van der Waals surface area contributed by atoms with Gasteiger partial charge in [-0.2, -0.15) is 0 Å². The Hall–Kier alpha value is -3.26. The van der Waals surface area contributed by atoms with Gasteiger partial charge in [0.1, 0.15) is 0 Å². The largest absolute Gasteiger partial charge is 0.493 e. The Morgan fingerprint density at radius 2 is 1.67 bits per heavy atom. The van der Waals surface area contributed by atoms with E-state index in [0.717, 1.165) is 37.2 Å². The Bertz CT molecular complexity index is 1140. The predicted octanol–water partition coefficient (Wildman–Crippen LogP) is 2.90. The number of fused-ring (bicyclic) bond motifs is 1. The number of hydrogen-bond donors (Lipinski definition) is 0. The van der Waals surface area contributed by atoms with E-state index in [1.54, 1.807) is 26.2 Å². The molecule has 192 valence electrons. The smallest absolute Gasteiger partial charge is 0.228 e. The molecule has 0 aromatic heterocycles. The molecule has 8 nitrogen and oxygen atoms in total. The van der Waals surface area contributed by atoms with Crippen LogP contribution in [-0.2, 0) is 29.0 Å². The minimum Gasteiger partial charge on any atom is -0.493 e. The molecule has 0 bridgehead atoms. The number of carbonyl (C=O) groups excluding carboxylic acids is 2. The summed E-state index contributed by atoms with van der Waals surface area (Å²) in [6.45, 7) is 3.99. The van der Waals surface area contributed by atoms with Gasteiger partial charge >= 0.3 is 0 Å². The summed E-state index contributed by atoms with van der Waals surface area (Å²) in [6, 6.07) is 10.2. The zero-order valence-electron chi connectivity index (χ0n) is 21.4. The number of nitrogens with zero attached hydrogens (tertiary/aromatic N) is 3. The highest BCUT2D eigenvalue weighted by atomic mass is 16.5. The van der Waals surface area contributed by atoms with Crippen LogP contribution >= 0.6 is 0 Å². The number of piperazine rings is 1. The van der Waals surface area contributed by atoms with E-state index in [2.05, 4.69) is 17.0 Å². The second-order valence-corrected chi connectivity index (χ2v) is 9.81. The maximum Gasteiger partial charge on any atom is 0.228 e. The lowest BCUT2D eigenvalue weighted by atomic mass is 10.1. The van der Waals surface area contributed by atoms with E-state index in [-0.39, 0.29) is 17.7 Å². The van der Waals surface area contributed by atoms with Crippen molar-refractivity contribution in [3.05, 3.63) is 47.0 Å². The zero-order chi connectivity index (χ0) is 25.2. The van der Waals surface area contributed by atoms with E-state index in [1.165, 1.54) is 17.5 Å². The maximum absolute atomic E-state index is 13.3. The highest BCUT2D eigenvalue weighted by molar-refractivity contribution is 6.00. The number of amides is 2. The van der Waals surface area contributed by atoms with Crippen LogP contribution in [0, 0.1) is 5.92 Å². The number of benzene rings is 2. The Morgan fingerprint density at radius 1 is 0.917 bits per heavy atom. The molecule has 2 fully saturated rings. The van der Waals surface area contributed by atoms with E-state index < -0.39 is 0 Å². The quantitative estimate of drug-likeness (QED) is 0.591. The van der Waals surface area contributed by atoms with Crippen LogP contribution in [0.1, 0.15) is 29.5 Å². The first-order valence-electron chi connectivity index (χ1n) is 12.7. The topological polar surface area (TPSA) is 71.6 Å². The first-order chi connectivity index (χ1) is 17.5. The minimum atomic E-state index is -0.275. The summed E-state index contributed by atoms with van der Waals surface area (Å²) in [5, 5.41) is 0. The molecule has 1 unspecified atom stereocenters. The second-order valence-electron chi connectivity index (χ2n) is 9.81. The van der Waals surface area contributed by atoms with Crippen LogP contribution in [-0.4, -0.2) is 75.7 Å². The van der Waals surface area contributed by atoms with Crippen molar-refractivity contribution >= 4 is 17.5 Å². The van der Waals surface area contributed by atoms with Crippen LogP contribution in [0.5, 0.6) is 17.2 Å². The molecule has 0 saturated carbocycles. The van der Waals surface area contributed by atoms with Crippen LogP contribution in [0.2, 0.25) is 0 Å². The first-order valence-corrected chi connectivity index (χ1v) is 12.7. The second kappa shape index (κ2) is 10.4. The summed E-state index contributed by atoms with van der Waals surface area (Å²) in [4.78, 5) is 32.1. The summed E-state index contributed by atoms with van der Waals surface area (Å²) < 4.78 is 16.5. The minimum absolute atomic E-state index is 0.0467. The van der Waals surface area contributed by atoms with E-state index in [4.69, 9.17) is 14.2 Å². The molecular weight excluding hydrogens is 458 g/mol. The molecule has 2 aliphatic heterocycles. The summed E-state index contributed by atoms with van der Waals surface area (Å²) in [6.07, 6.45) is 3.67. The van der Waals surface area contributed by atoms with Gasteiger partial charge in [-0.1, -0.05) is 12.1 Å². The molecular formula is C28H35N3O5. The normalized spacial score (nSPS) is 20.0. The SMILES string of the molecule is COc1ccc(CN2CCN(C(=O)C3CC(=O)N(c4ccc5c(c4)CCC5)C3)CC2)c(OC)c1OC. The number of methoxy groups -OCH3 is 3. The van der Waals surface area contributed by atoms with Crippen LogP contribution in [0.15, 0.2) is 30.3 Å². The van der Waals surface area contributed by atoms with Gasteiger partial charge in [0.05, 0.1) is 27.2 Å². The van der Waals surface area contributed by atoms with Gasteiger partial charge in [0.25, 0.3) is 0 Å². The van der Waals surface area contributed by atoms with Gasteiger partial charge in [-0.15, -0.1) is 0 Å². The summed E-state index contributed by atoms with van der Waals surface area (Å²) in [5.74, 6) is 1.76. The highest BCUT2D eigenvalue weighted by Crippen LogP contribution is 2.40. The molecule has 2 amide bonds. The fourth-order valence-electron chi connectivity index (χ4n) is 5.76. The fraction of sp³-hybridized carbons (Fsp3) is 0.500. The molecule has 0 spiro atoms. The summed E-state index contributed by atoms with van der Waals surface area (Å²) in [5.41, 5.74) is 4.69. The molecule has 8 heteroatoms. The molecule has 5 rings (SSSR count). The Balaban J connectivity index is 1.18. The van der Waals surface area contributed by atoms with Gasteiger partial charge < -0.3 is 24.0 Å². The Kier molecular flexibility index (Phi) is 7.05. The third-order valence-electron chi connectivity index (χ3n) is 7.73. The van der Waals surface area contributed by atoms with E-state index >= 15 is 0 Å². The summed E-state index contributed by atoms with van der Waals surface area (Å²) in [7, 11) is 4.84. The molecule has 36 heavy (non-hydrogen) atoms. The number of aryl methyl sites for hydroxylation is 2. The number of ether oxygens (including phenoxy) is 3. The molecule has 0 N–H and O–H groups in total. The number of anilines is 1. The first kappa shape index (κ1) is 24.4. The number of rotatable bonds is 7. The van der Waals surface area contributed by atoms with Crippen molar-refractivity contribution in [1.29, 1.82) is 0 Å². The summed E-state index contributed by atoms with van der Waals surface area (Å²) >= 11 is 0. The Labute approximate surface area is 212 Å². The lowest BCUT2D eigenvalue weighted by Crippen LogP contribution is -2.50. The van der Waals surface area contributed by atoms with E-state index in [0.29, 0.717) is 49.8 Å². The van der Waals surface area contributed by atoms with Crippen molar-refractivity contribution in [1.82, 2.24) is 9.80 Å². The predicted molar refractivity (Wildman–Crippen MR) is 137 cm³/mol. The number of carbonyl (C=O) groups is 2. The standard InChI is InChI=1S/C28H35N3O5/c1-34-24-10-8-21(26(35-2)27(24)36-3)17-29-11-13-30(14-12-29)28(33)22-16-25(32)31(18-22)23-9-7-19-5-4-6-20(19)15-23/h7-10,15,22H,4-6,11-14,16-18H2,1-3H3. The molecule has 2 aromatic rings. The molecule has 2 saturated heterocycles. The van der Waals surface area contributed by atoms with Crippen LogP contribution in [0.3, 0.4) is 0 Å². The van der Waals surface area contributed by atoms with Crippen LogP contribution in [0.25, 0.3) is 0 Å². The molecule has 1 atom stereocenters. The molecule has 3 aliphatic rings. The fourth-order valence-corrected chi connectivity index (χ4v) is 5.76. The van der Waals surface area contributed by atoms with Crippen LogP contribution in [0.4, 0.5) is 5.69 Å². The van der Waals surface area contributed by atoms with Gasteiger partial charge in [-0.3, -0.25) is 14.5 Å². The third kappa shape index (κ3) is 4.62. The Morgan fingerprint density at radius 3 is 2.39 bits per heavy atom. The molecule has 0 radical (unpaired) electrons. The van der Waals surface area contributed by atoms with Crippen molar-refractivity contribution < 1.29 is 23.8 Å². The van der Waals surface area contributed by atoms with E-state index in [9.17, 15) is 9.59 Å². The average molecular weight is 494 g/mol. The third-order valence-corrected chi connectivity index (χ3v) is 7.73. The molecule has 2 heterocycles. The molecule has 1 aliphatic carbocycles. The van der Waals surface area contributed by atoms with Gasteiger partial charge in [0, 0.05) is 56.9 Å². The van der Waals surface area contributed by atoms with Gasteiger partial charge in [0.15, 0.2) is 11.5 Å². The molecule has 2 aromatic carbocycles. The lowest BCUT2D eigenvalue weighted by molar-refractivity contribution is -0.137. The van der Waals surface area contributed by atoms with E-state index in [1.807, 2.05) is 23.1 Å². The average Bonchev–Trinajstić information content (AvgIpc) is 3.54. The van der Waals surface area contributed by atoms with Crippen LogP contribution < -0.4 is 19.1 Å². The van der Waals surface area contributed by atoms with Crippen molar-refractivity contribution in [3.8, 4) is 17.2 Å². The van der Waals surface area contributed by atoms with Crippen molar-refractivity contribution in [2.24, 2.45) is 5.92 Å². The monoisotopic (exact) mass is 493 g/mol. The van der Waals surface area contributed by atoms with Crippen molar-refractivity contribution in [3.63, 3.8) is 0 Å². The lowest BCUT2D eigenvalue weighted by Gasteiger charge is -2.36. The van der Waals surface area contributed by atoms with Gasteiger partial charge in [0.2, 0.25) is 17.6 Å². The van der Waals surface area contributed by atoms with Crippen molar-refractivity contribution in [2.45, 2.75) is 32.2 Å².